The van der Waals surface area contributed by atoms with Crippen LogP contribution in [-0.4, -0.2) is 24.7 Å². The summed E-state index contributed by atoms with van der Waals surface area (Å²) in [6.07, 6.45) is -3.53. The van der Waals surface area contributed by atoms with Gasteiger partial charge in [-0.15, -0.1) is 0 Å². The van der Waals surface area contributed by atoms with Crippen molar-refractivity contribution in [1.82, 2.24) is 14.3 Å². The topological polar surface area (TPSA) is 73.2 Å². The van der Waals surface area contributed by atoms with Crippen LogP contribution < -0.4 is 15.0 Å². The SMILES string of the molecule is C[C@H](N[S@@](=O)C(C)(C)C)c1ncc(OCc2ccccc2)c(=O)n1CC(F)(F)F. The Morgan fingerprint density at radius 3 is 2.38 bits per heavy atom. The molecule has 29 heavy (non-hydrogen) atoms. The number of aromatic nitrogens is 2. The minimum atomic E-state index is -4.64. The van der Waals surface area contributed by atoms with Gasteiger partial charge in [-0.25, -0.2) is 13.9 Å². The Morgan fingerprint density at radius 1 is 1.21 bits per heavy atom. The molecule has 2 rings (SSSR count). The maximum atomic E-state index is 13.1. The Labute approximate surface area is 169 Å². The minimum absolute atomic E-state index is 0.0188. The Balaban J connectivity index is 2.35. The molecule has 0 spiro atoms. The van der Waals surface area contributed by atoms with Gasteiger partial charge in [-0.1, -0.05) is 30.3 Å². The molecule has 0 bridgehead atoms. The average Bonchev–Trinajstić information content (AvgIpc) is 2.61. The monoisotopic (exact) mass is 431 g/mol. The van der Waals surface area contributed by atoms with Crippen molar-refractivity contribution in [3.63, 3.8) is 0 Å². The fraction of sp³-hybridized carbons (Fsp3) is 0.474. The van der Waals surface area contributed by atoms with E-state index in [-0.39, 0.29) is 18.2 Å². The molecule has 1 N–H and O–H groups in total. The Bertz CT molecular complexity index is 909. The van der Waals surface area contributed by atoms with Crippen molar-refractivity contribution in [2.75, 3.05) is 0 Å². The van der Waals surface area contributed by atoms with Crippen LogP contribution in [0.1, 0.15) is 45.1 Å². The first-order valence-corrected chi connectivity index (χ1v) is 10.0. The van der Waals surface area contributed by atoms with Gasteiger partial charge < -0.3 is 4.74 Å². The van der Waals surface area contributed by atoms with E-state index in [1.807, 2.05) is 6.07 Å². The van der Waals surface area contributed by atoms with Gasteiger partial charge in [-0.05, 0) is 33.3 Å². The highest BCUT2D eigenvalue weighted by atomic mass is 32.2. The van der Waals surface area contributed by atoms with E-state index in [1.165, 1.54) is 6.92 Å². The molecule has 2 atom stereocenters. The summed E-state index contributed by atoms with van der Waals surface area (Å²) in [6.45, 7) is 5.16. The van der Waals surface area contributed by atoms with Gasteiger partial charge in [-0.3, -0.25) is 9.36 Å². The average molecular weight is 431 g/mol. The van der Waals surface area contributed by atoms with Gasteiger partial charge in [0.05, 0.1) is 28.0 Å². The summed E-state index contributed by atoms with van der Waals surface area (Å²) in [5, 5.41) is 0. The summed E-state index contributed by atoms with van der Waals surface area (Å²) < 4.78 is 59.6. The van der Waals surface area contributed by atoms with E-state index in [1.54, 1.807) is 45.0 Å². The molecule has 0 aliphatic heterocycles. The predicted molar refractivity (Wildman–Crippen MR) is 105 cm³/mol. The van der Waals surface area contributed by atoms with Gasteiger partial charge in [0.1, 0.15) is 19.0 Å². The molecule has 6 nitrogen and oxygen atoms in total. The molecular weight excluding hydrogens is 407 g/mol. The van der Waals surface area contributed by atoms with Crippen LogP contribution in [0.4, 0.5) is 13.2 Å². The zero-order chi connectivity index (χ0) is 21.8. The molecule has 0 radical (unpaired) electrons. The number of hydrogen-bond donors (Lipinski definition) is 1. The quantitative estimate of drug-likeness (QED) is 0.728. The van der Waals surface area contributed by atoms with Crippen LogP contribution in [0.25, 0.3) is 0 Å². The molecule has 0 aliphatic carbocycles. The van der Waals surface area contributed by atoms with Gasteiger partial charge in [0.15, 0.2) is 0 Å². The largest absolute Gasteiger partial charge is 0.482 e. The summed E-state index contributed by atoms with van der Waals surface area (Å²) >= 11 is 0. The Hall–Kier alpha value is -2.20. The van der Waals surface area contributed by atoms with Crippen LogP contribution in [0.3, 0.4) is 0 Å². The summed E-state index contributed by atoms with van der Waals surface area (Å²) in [5.74, 6) is -0.456. The number of nitrogens with zero attached hydrogens (tertiary/aromatic N) is 2. The van der Waals surface area contributed by atoms with E-state index in [2.05, 4.69) is 9.71 Å². The molecule has 1 heterocycles. The number of ether oxygens (including phenoxy) is 1. The molecular formula is C19H24F3N3O3S. The smallest absolute Gasteiger partial charge is 0.406 e. The van der Waals surface area contributed by atoms with E-state index in [0.29, 0.717) is 4.57 Å². The van der Waals surface area contributed by atoms with Crippen molar-refractivity contribution in [3.8, 4) is 5.75 Å². The van der Waals surface area contributed by atoms with E-state index in [4.69, 9.17) is 4.74 Å². The molecule has 1 aromatic heterocycles. The molecule has 2 aromatic rings. The number of alkyl halides is 3. The van der Waals surface area contributed by atoms with Crippen molar-refractivity contribution in [3.05, 3.63) is 58.3 Å². The maximum Gasteiger partial charge on any atom is 0.406 e. The van der Waals surface area contributed by atoms with Gasteiger partial charge in [0, 0.05) is 0 Å². The third-order valence-electron chi connectivity index (χ3n) is 3.85. The minimum Gasteiger partial charge on any atom is -0.482 e. The highest BCUT2D eigenvalue weighted by molar-refractivity contribution is 7.84. The zero-order valence-electron chi connectivity index (χ0n) is 16.6. The third kappa shape index (κ3) is 6.67. The number of rotatable bonds is 7. The van der Waals surface area contributed by atoms with Crippen molar-refractivity contribution >= 4 is 11.0 Å². The second-order valence-corrected chi connectivity index (χ2v) is 9.48. The second-order valence-electron chi connectivity index (χ2n) is 7.48. The van der Waals surface area contributed by atoms with E-state index >= 15 is 0 Å². The molecule has 0 saturated carbocycles. The molecule has 0 aliphatic rings. The predicted octanol–water partition coefficient (Wildman–Crippen LogP) is 3.50. The fourth-order valence-electron chi connectivity index (χ4n) is 2.39. The summed E-state index contributed by atoms with van der Waals surface area (Å²) in [7, 11) is -1.56. The lowest BCUT2D eigenvalue weighted by Crippen LogP contribution is -2.39. The van der Waals surface area contributed by atoms with Crippen molar-refractivity contribution in [2.24, 2.45) is 0 Å². The standard InChI is InChI=1S/C19H24F3N3O3S/c1-13(24-29(27)18(2,3)4)16-23-10-15(17(26)25(16)12-19(20,21)22)28-11-14-8-6-5-7-9-14/h5-10,13,24H,11-12H2,1-4H3/t13-,29-/m0/s1. The molecule has 0 fully saturated rings. The van der Waals surface area contributed by atoms with E-state index in [9.17, 15) is 22.2 Å². The molecule has 0 amide bonds. The van der Waals surface area contributed by atoms with Gasteiger partial charge in [0.25, 0.3) is 5.56 Å². The van der Waals surface area contributed by atoms with Gasteiger partial charge in [0.2, 0.25) is 5.75 Å². The summed E-state index contributed by atoms with van der Waals surface area (Å²) in [6, 6.07) is 8.06. The summed E-state index contributed by atoms with van der Waals surface area (Å²) in [5.41, 5.74) is -0.188. The van der Waals surface area contributed by atoms with Crippen molar-refractivity contribution in [2.45, 2.75) is 57.8 Å². The molecule has 1 aromatic carbocycles. The van der Waals surface area contributed by atoms with E-state index in [0.717, 1.165) is 11.8 Å². The number of halogens is 3. The molecule has 0 saturated heterocycles. The van der Waals surface area contributed by atoms with Crippen LogP contribution >= 0.6 is 0 Å². The Kier molecular flexibility index (Phi) is 7.23. The molecule has 10 heteroatoms. The van der Waals surface area contributed by atoms with Crippen LogP contribution in [0.5, 0.6) is 5.75 Å². The van der Waals surface area contributed by atoms with E-state index < -0.39 is 40.1 Å². The maximum absolute atomic E-state index is 13.1. The highest BCUT2D eigenvalue weighted by Crippen LogP contribution is 2.21. The lowest BCUT2D eigenvalue weighted by molar-refractivity contribution is -0.142. The normalized spacial score (nSPS) is 14.4. The first kappa shape index (κ1) is 23.1. The fourth-order valence-corrected chi connectivity index (χ4v) is 3.17. The van der Waals surface area contributed by atoms with Gasteiger partial charge >= 0.3 is 6.18 Å². The molecule has 160 valence electrons. The highest BCUT2D eigenvalue weighted by Gasteiger charge is 2.32. The van der Waals surface area contributed by atoms with Crippen molar-refractivity contribution in [1.29, 1.82) is 0 Å². The van der Waals surface area contributed by atoms with Crippen LogP contribution in [0.2, 0.25) is 0 Å². The van der Waals surface area contributed by atoms with Crippen LogP contribution in [-0.2, 0) is 24.1 Å². The first-order valence-electron chi connectivity index (χ1n) is 8.90. The van der Waals surface area contributed by atoms with Crippen molar-refractivity contribution < 1.29 is 22.1 Å². The number of benzene rings is 1. The van der Waals surface area contributed by atoms with Gasteiger partial charge in [-0.2, -0.15) is 13.2 Å². The zero-order valence-corrected chi connectivity index (χ0v) is 17.4. The number of hydrogen-bond acceptors (Lipinski definition) is 4. The van der Waals surface area contributed by atoms with Crippen LogP contribution in [0.15, 0.2) is 41.3 Å². The lowest BCUT2D eigenvalue weighted by atomic mass is 10.2. The lowest BCUT2D eigenvalue weighted by Gasteiger charge is -2.24. The van der Waals surface area contributed by atoms with Crippen LogP contribution in [0, 0.1) is 0 Å². The first-order chi connectivity index (χ1) is 13.4. The number of nitrogens with one attached hydrogen (secondary N) is 1. The summed E-state index contributed by atoms with van der Waals surface area (Å²) in [4.78, 5) is 16.7. The third-order valence-corrected chi connectivity index (χ3v) is 5.53. The molecule has 0 unspecified atom stereocenters. The Morgan fingerprint density at radius 2 is 1.83 bits per heavy atom. The second kappa shape index (κ2) is 9.08.